The topological polar surface area (TPSA) is 39.4 Å². The van der Waals surface area contributed by atoms with Gasteiger partial charge in [0.05, 0.1) is 17.6 Å². The summed E-state index contributed by atoms with van der Waals surface area (Å²) < 4.78 is 11.1. The lowest BCUT2D eigenvalue weighted by Gasteiger charge is -2.00. The summed E-state index contributed by atoms with van der Waals surface area (Å²) in [6, 6.07) is 11.4. The molecule has 0 aliphatic rings. The molecule has 114 valence electrons. The summed E-state index contributed by atoms with van der Waals surface area (Å²) in [6.07, 6.45) is 2.86. The number of aryl methyl sites for hydroxylation is 1. The maximum Gasteiger partial charge on any atom is 0.207 e. The average Bonchev–Trinajstić information content (AvgIpc) is 3.16. The zero-order chi connectivity index (χ0) is 15.5. The SMILES string of the molecule is CCCCc1oc2ccccc2c1C(=O)c1ccc(OC)s1. The Balaban J connectivity index is 2.08. The van der Waals surface area contributed by atoms with Crippen molar-refractivity contribution < 1.29 is 13.9 Å². The lowest BCUT2D eigenvalue weighted by molar-refractivity contribution is 0.104. The van der Waals surface area contributed by atoms with Crippen molar-refractivity contribution in [1.82, 2.24) is 0 Å². The number of carbonyl (C=O) groups excluding carboxylic acids is 1. The van der Waals surface area contributed by atoms with Crippen LogP contribution in [0.2, 0.25) is 0 Å². The van der Waals surface area contributed by atoms with Gasteiger partial charge in [-0.25, -0.2) is 0 Å². The van der Waals surface area contributed by atoms with E-state index in [1.165, 1.54) is 11.3 Å². The Labute approximate surface area is 133 Å². The second-order valence-electron chi connectivity index (χ2n) is 5.15. The molecule has 3 nitrogen and oxygen atoms in total. The van der Waals surface area contributed by atoms with Crippen LogP contribution in [0, 0.1) is 0 Å². The molecule has 0 amide bonds. The Morgan fingerprint density at radius 1 is 1.23 bits per heavy atom. The smallest absolute Gasteiger partial charge is 0.207 e. The molecule has 4 heteroatoms. The highest BCUT2D eigenvalue weighted by atomic mass is 32.1. The van der Waals surface area contributed by atoms with Gasteiger partial charge in [-0.2, -0.15) is 0 Å². The van der Waals surface area contributed by atoms with Gasteiger partial charge in [0.25, 0.3) is 0 Å². The minimum absolute atomic E-state index is 0.0179. The Morgan fingerprint density at radius 2 is 2.05 bits per heavy atom. The average molecular weight is 314 g/mol. The van der Waals surface area contributed by atoms with Crippen molar-refractivity contribution in [2.45, 2.75) is 26.2 Å². The van der Waals surface area contributed by atoms with Gasteiger partial charge >= 0.3 is 0 Å². The third-order valence-corrected chi connectivity index (χ3v) is 4.70. The van der Waals surface area contributed by atoms with Crippen molar-refractivity contribution in [2.75, 3.05) is 7.11 Å². The van der Waals surface area contributed by atoms with Crippen LogP contribution >= 0.6 is 11.3 Å². The molecule has 0 aliphatic carbocycles. The Bertz CT molecular complexity index is 798. The molecule has 2 heterocycles. The third-order valence-electron chi connectivity index (χ3n) is 3.66. The molecule has 0 saturated carbocycles. The van der Waals surface area contributed by atoms with Crippen molar-refractivity contribution in [1.29, 1.82) is 0 Å². The van der Waals surface area contributed by atoms with Crippen molar-refractivity contribution in [2.24, 2.45) is 0 Å². The van der Waals surface area contributed by atoms with Crippen molar-refractivity contribution >= 4 is 28.1 Å². The monoisotopic (exact) mass is 314 g/mol. The van der Waals surface area contributed by atoms with E-state index in [2.05, 4.69) is 6.92 Å². The second kappa shape index (κ2) is 6.36. The highest BCUT2D eigenvalue weighted by Gasteiger charge is 2.22. The van der Waals surface area contributed by atoms with Gasteiger partial charge in [0.1, 0.15) is 11.3 Å². The van der Waals surface area contributed by atoms with E-state index < -0.39 is 0 Å². The molecule has 0 radical (unpaired) electrons. The number of hydrogen-bond donors (Lipinski definition) is 0. The van der Waals surface area contributed by atoms with Gasteiger partial charge in [0, 0.05) is 11.8 Å². The van der Waals surface area contributed by atoms with E-state index in [0.29, 0.717) is 10.4 Å². The van der Waals surface area contributed by atoms with Gasteiger partial charge in [-0.1, -0.05) is 42.9 Å². The molecule has 0 aliphatic heterocycles. The number of furan rings is 1. The predicted molar refractivity (Wildman–Crippen MR) is 89.1 cm³/mol. The predicted octanol–water partition coefficient (Wildman–Crippen LogP) is 5.08. The van der Waals surface area contributed by atoms with Crippen LogP contribution in [0.4, 0.5) is 0 Å². The molecule has 0 N–H and O–H groups in total. The number of carbonyl (C=O) groups is 1. The van der Waals surface area contributed by atoms with Crippen molar-refractivity contribution in [3.8, 4) is 5.06 Å². The lowest BCUT2D eigenvalue weighted by Crippen LogP contribution is -2.01. The van der Waals surface area contributed by atoms with Gasteiger partial charge in [-0.05, 0) is 24.6 Å². The number of ketones is 1. The fourth-order valence-electron chi connectivity index (χ4n) is 2.53. The number of ether oxygens (including phenoxy) is 1. The minimum Gasteiger partial charge on any atom is -0.487 e. The zero-order valence-corrected chi connectivity index (χ0v) is 13.5. The maximum absolute atomic E-state index is 12.9. The summed E-state index contributed by atoms with van der Waals surface area (Å²) in [7, 11) is 1.61. The molecule has 0 atom stereocenters. The molecule has 0 bridgehead atoms. The van der Waals surface area contributed by atoms with Crippen molar-refractivity contribution in [3.63, 3.8) is 0 Å². The Hall–Kier alpha value is -2.07. The van der Waals surface area contributed by atoms with Gasteiger partial charge in [-0.15, -0.1) is 0 Å². The quantitative estimate of drug-likeness (QED) is 0.596. The number of thiophene rings is 1. The standard InChI is InChI=1S/C18H18O3S/c1-3-4-8-14-17(12-7-5-6-9-13(12)21-14)18(19)15-10-11-16(20-2)22-15/h5-7,9-11H,3-4,8H2,1-2H3. The van der Waals surface area contributed by atoms with Gasteiger partial charge in [0.2, 0.25) is 5.78 Å². The molecule has 3 aromatic rings. The molecule has 0 saturated heterocycles. The summed E-state index contributed by atoms with van der Waals surface area (Å²) >= 11 is 1.37. The van der Waals surface area contributed by atoms with Crippen LogP contribution in [0.1, 0.15) is 40.8 Å². The number of methoxy groups -OCH3 is 1. The third kappa shape index (κ3) is 2.66. The largest absolute Gasteiger partial charge is 0.487 e. The zero-order valence-electron chi connectivity index (χ0n) is 12.7. The van der Waals surface area contributed by atoms with E-state index >= 15 is 0 Å². The van der Waals surface area contributed by atoms with E-state index in [0.717, 1.165) is 41.1 Å². The number of fused-ring (bicyclic) bond motifs is 1. The van der Waals surface area contributed by atoms with Crippen LogP contribution in [-0.4, -0.2) is 12.9 Å². The number of unbranched alkanes of at least 4 members (excludes halogenated alkanes) is 1. The van der Waals surface area contributed by atoms with Gasteiger partial charge < -0.3 is 9.15 Å². The molecule has 0 fully saturated rings. The molecule has 3 rings (SSSR count). The number of benzene rings is 1. The van der Waals surface area contributed by atoms with E-state index in [9.17, 15) is 4.79 Å². The fraction of sp³-hybridized carbons (Fsp3) is 0.278. The summed E-state index contributed by atoms with van der Waals surface area (Å²) in [5.74, 6) is 0.810. The first kappa shape index (κ1) is 14.9. The van der Waals surface area contributed by atoms with Gasteiger partial charge in [-0.3, -0.25) is 4.79 Å². The first-order valence-electron chi connectivity index (χ1n) is 7.43. The number of hydrogen-bond acceptors (Lipinski definition) is 4. The highest BCUT2D eigenvalue weighted by Crippen LogP contribution is 2.32. The maximum atomic E-state index is 12.9. The Kier molecular flexibility index (Phi) is 4.29. The number of rotatable bonds is 6. The molecule has 22 heavy (non-hydrogen) atoms. The first-order valence-corrected chi connectivity index (χ1v) is 8.25. The van der Waals surface area contributed by atoms with Crippen LogP contribution in [0.15, 0.2) is 40.8 Å². The van der Waals surface area contributed by atoms with Crippen LogP contribution in [0.3, 0.4) is 0 Å². The first-order chi connectivity index (χ1) is 10.7. The van der Waals surface area contributed by atoms with E-state index in [1.807, 2.05) is 36.4 Å². The minimum atomic E-state index is 0.0179. The van der Waals surface area contributed by atoms with Crippen LogP contribution in [-0.2, 0) is 6.42 Å². The summed E-state index contributed by atoms with van der Waals surface area (Å²) in [4.78, 5) is 13.6. The van der Waals surface area contributed by atoms with E-state index in [-0.39, 0.29) is 5.78 Å². The molecule has 0 unspecified atom stereocenters. The van der Waals surface area contributed by atoms with E-state index in [4.69, 9.17) is 9.15 Å². The van der Waals surface area contributed by atoms with Crippen LogP contribution in [0.5, 0.6) is 5.06 Å². The van der Waals surface area contributed by atoms with Gasteiger partial charge in [0.15, 0.2) is 5.06 Å². The number of para-hydroxylation sites is 1. The van der Waals surface area contributed by atoms with Crippen molar-refractivity contribution in [3.05, 3.63) is 52.6 Å². The normalized spacial score (nSPS) is 11.0. The molecule has 0 spiro atoms. The highest BCUT2D eigenvalue weighted by molar-refractivity contribution is 7.16. The fourth-order valence-corrected chi connectivity index (χ4v) is 3.30. The summed E-state index contributed by atoms with van der Waals surface area (Å²) in [5.41, 5.74) is 1.48. The summed E-state index contributed by atoms with van der Waals surface area (Å²) in [5, 5.41) is 1.64. The Morgan fingerprint density at radius 3 is 2.77 bits per heavy atom. The van der Waals surface area contributed by atoms with Crippen LogP contribution in [0.25, 0.3) is 11.0 Å². The summed E-state index contributed by atoms with van der Waals surface area (Å²) in [6.45, 7) is 2.13. The lowest BCUT2D eigenvalue weighted by atomic mass is 10.0. The molecular formula is C18H18O3S. The second-order valence-corrected chi connectivity index (χ2v) is 6.20. The van der Waals surface area contributed by atoms with Crippen LogP contribution < -0.4 is 4.74 Å². The molecule has 1 aromatic carbocycles. The molecular weight excluding hydrogens is 296 g/mol. The molecule has 2 aromatic heterocycles. The van der Waals surface area contributed by atoms with E-state index in [1.54, 1.807) is 7.11 Å².